The van der Waals surface area contributed by atoms with E-state index in [9.17, 15) is 14.7 Å². The van der Waals surface area contributed by atoms with Gasteiger partial charge in [0, 0.05) is 24.3 Å². The Kier molecular flexibility index (Phi) is 5.81. The second kappa shape index (κ2) is 8.26. The van der Waals surface area contributed by atoms with Crippen LogP contribution in [0.1, 0.15) is 32.3 Å². The van der Waals surface area contributed by atoms with Crippen LogP contribution in [0.15, 0.2) is 30.4 Å². The molecule has 7 heteroatoms. The minimum atomic E-state index is -0.682. The maximum Gasteiger partial charge on any atom is 0.356 e. The van der Waals surface area contributed by atoms with Gasteiger partial charge in [0.05, 0.1) is 10.9 Å². The summed E-state index contributed by atoms with van der Waals surface area (Å²) < 4.78 is 6.63. The number of carbonyl (C=O) groups is 2. The molecule has 1 aromatic heterocycles. The van der Waals surface area contributed by atoms with Gasteiger partial charge in [-0.05, 0) is 44.5 Å². The molecule has 3 rings (SSSR count). The van der Waals surface area contributed by atoms with Gasteiger partial charge in [-0.2, -0.15) is 0 Å². The fourth-order valence-corrected chi connectivity index (χ4v) is 3.39. The van der Waals surface area contributed by atoms with Gasteiger partial charge in [0.1, 0.15) is 5.75 Å². The largest absolute Gasteiger partial charge is 0.507 e. The highest BCUT2D eigenvalue weighted by atomic mass is 16.7. The van der Waals surface area contributed by atoms with Crippen LogP contribution in [-0.4, -0.2) is 46.3 Å². The number of nitrogens with zero attached hydrogens (tertiary/aromatic N) is 2. The minimum Gasteiger partial charge on any atom is -0.507 e. The monoisotopic (exact) mass is 372 g/mol. The molecule has 0 saturated carbocycles. The molecule has 0 spiro atoms. The zero-order valence-corrected chi connectivity index (χ0v) is 15.6. The fourth-order valence-electron chi connectivity index (χ4n) is 3.39. The first-order valence-corrected chi connectivity index (χ1v) is 9.25. The number of fused-ring (bicyclic) bond motifs is 3. The highest BCUT2D eigenvalue weighted by molar-refractivity contribution is 5.97. The van der Waals surface area contributed by atoms with E-state index < -0.39 is 11.9 Å². The molecule has 2 aromatic rings. The summed E-state index contributed by atoms with van der Waals surface area (Å²) in [5, 5.41) is 11.0. The average molecular weight is 372 g/mol. The Balaban J connectivity index is 2.06. The molecule has 0 bridgehead atoms. The SMILES string of the molecule is CCCN(CCC)CCc1c2n(c3cccc(O)c13)OC(=O)/C=C/C(=O)O2. The zero-order valence-electron chi connectivity index (χ0n) is 15.6. The van der Waals surface area contributed by atoms with Crippen molar-refractivity contribution in [1.82, 2.24) is 9.63 Å². The Morgan fingerprint density at radius 3 is 2.44 bits per heavy atom. The molecule has 1 aromatic carbocycles. The molecule has 1 aliphatic heterocycles. The molecule has 144 valence electrons. The van der Waals surface area contributed by atoms with Crippen LogP contribution in [0.4, 0.5) is 0 Å². The number of hydrogen-bond acceptors (Lipinski definition) is 6. The average Bonchev–Trinajstić information content (AvgIpc) is 2.91. The number of carbonyl (C=O) groups excluding carboxylic acids is 2. The predicted octanol–water partition coefficient (Wildman–Crippen LogP) is 2.44. The van der Waals surface area contributed by atoms with Gasteiger partial charge in [0.25, 0.3) is 0 Å². The number of hydrogen-bond donors (Lipinski definition) is 1. The fraction of sp³-hybridized carbons (Fsp3) is 0.400. The van der Waals surface area contributed by atoms with Crippen LogP contribution in [0.25, 0.3) is 10.9 Å². The van der Waals surface area contributed by atoms with E-state index in [1.54, 1.807) is 18.2 Å². The first-order valence-electron chi connectivity index (χ1n) is 9.25. The molecule has 0 aliphatic carbocycles. The molecular weight excluding hydrogens is 348 g/mol. The van der Waals surface area contributed by atoms with Crippen LogP contribution in [0.3, 0.4) is 0 Å². The number of phenolic OH excluding ortho intramolecular Hbond substituents is 1. The summed E-state index contributed by atoms with van der Waals surface area (Å²) in [7, 11) is 0. The zero-order chi connectivity index (χ0) is 19.4. The number of phenols is 1. The van der Waals surface area contributed by atoms with Gasteiger partial charge in [-0.1, -0.05) is 19.9 Å². The van der Waals surface area contributed by atoms with Crippen LogP contribution in [0, 0.1) is 0 Å². The van der Waals surface area contributed by atoms with E-state index in [1.165, 1.54) is 4.73 Å². The van der Waals surface area contributed by atoms with Crippen molar-refractivity contribution in [2.45, 2.75) is 33.1 Å². The van der Waals surface area contributed by atoms with Crippen molar-refractivity contribution in [1.29, 1.82) is 0 Å². The molecule has 27 heavy (non-hydrogen) atoms. The number of rotatable bonds is 7. The molecule has 0 unspecified atom stereocenters. The van der Waals surface area contributed by atoms with Gasteiger partial charge in [-0.25, -0.2) is 9.59 Å². The number of benzene rings is 1. The Bertz CT molecular complexity index is 878. The number of esters is 1. The van der Waals surface area contributed by atoms with E-state index in [0.717, 1.165) is 44.6 Å². The van der Waals surface area contributed by atoms with Crippen LogP contribution in [0.2, 0.25) is 0 Å². The standard InChI is InChI=1S/C20H24N2O5/c1-3-11-21(12-4-2)13-10-14-19-15(6-5-7-16(19)23)22-20(14)26-17(24)8-9-18(25)27-22/h5-9,23H,3-4,10-13H2,1-2H3/b9-8+. The molecule has 7 nitrogen and oxygen atoms in total. The highest BCUT2D eigenvalue weighted by Crippen LogP contribution is 2.37. The molecule has 0 amide bonds. The van der Waals surface area contributed by atoms with E-state index in [0.29, 0.717) is 22.9 Å². The minimum absolute atomic E-state index is 0.0549. The van der Waals surface area contributed by atoms with Crippen molar-refractivity contribution >= 4 is 22.8 Å². The molecule has 0 atom stereocenters. The smallest absolute Gasteiger partial charge is 0.356 e. The van der Waals surface area contributed by atoms with Gasteiger partial charge in [0.2, 0.25) is 5.88 Å². The van der Waals surface area contributed by atoms with Crippen molar-refractivity contribution in [3.63, 3.8) is 0 Å². The number of aromatic nitrogens is 1. The van der Waals surface area contributed by atoms with Crippen molar-refractivity contribution in [3.8, 4) is 11.6 Å². The van der Waals surface area contributed by atoms with Gasteiger partial charge in [-0.3, -0.25) is 0 Å². The molecule has 2 heterocycles. The summed E-state index contributed by atoms with van der Waals surface area (Å²) in [5.41, 5.74) is 1.13. The van der Waals surface area contributed by atoms with E-state index in [4.69, 9.17) is 9.57 Å². The third-order valence-corrected chi connectivity index (χ3v) is 4.48. The summed E-state index contributed by atoms with van der Waals surface area (Å²) >= 11 is 0. The van der Waals surface area contributed by atoms with Crippen LogP contribution in [0.5, 0.6) is 11.6 Å². The highest BCUT2D eigenvalue weighted by Gasteiger charge is 2.26. The third kappa shape index (κ3) is 3.98. The molecule has 0 radical (unpaired) electrons. The van der Waals surface area contributed by atoms with E-state index in [1.807, 2.05) is 0 Å². The van der Waals surface area contributed by atoms with Crippen LogP contribution >= 0.6 is 0 Å². The van der Waals surface area contributed by atoms with Gasteiger partial charge >= 0.3 is 11.9 Å². The van der Waals surface area contributed by atoms with E-state index >= 15 is 0 Å². The Morgan fingerprint density at radius 1 is 1.04 bits per heavy atom. The number of ether oxygens (including phenoxy) is 1. The summed E-state index contributed by atoms with van der Waals surface area (Å²) in [5.74, 6) is -1.14. The lowest BCUT2D eigenvalue weighted by atomic mass is 10.1. The Hall–Kier alpha value is -2.80. The van der Waals surface area contributed by atoms with Crippen molar-refractivity contribution in [3.05, 3.63) is 35.9 Å². The molecule has 0 fully saturated rings. The second-order valence-electron chi connectivity index (χ2n) is 6.51. The number of aromatic hydroxyl groups is 1. The van der Waals surface area contributed by atoms with Gasteiger partial charge < -0.3 is 19.6 Å². The van der Waals surface area contributed by atoms with Crippen LogP contribution in [-0.2, 0) is 16.0 Å². The first-order chi connectivity index (χ1) is 13.0. The van der Waals surface area contributed by atoms with Crippen molar-refractivity contribution in [2.24, 2.45) is 0 Å². The van der Waals surface area contributed by atoms with Crippen LogP contribution < -0.4 is 9.57 Å². The van der Waals surface area contributed by atoms with Crippen molar-refractivity contribution < 1.29 is 24.3 Å². The summed E-state index contributed by atoms with van der Waals surface area (Å²) in [6.45, 7) is 6.93. The molecule has 1 aliphatic rings. The topological polar surface area (TPSA) is 81.0 Å². The summed E-state index contributed by atoms with van der Waals surface area (Å²) in [4.78, 5) is 31.6. The maximum atomic E-state index is 12.0. The summed E-state index contributed by atoms with van der Waals surface area (Å²) in [6.07, 6.45) is 4.68. The van der Waals surface area contributed by atoms with E-state index in [2.05, 4.69) is 18.7 Å². The van der Waals surface area contributed by atoms with Crippen molar-refractivity contribution in [2.75, 3.05) is 19.6 Å². The lowest BCUT2D eigenvalue weighted by Crippen LogP contribution is -2.28. The third-order valence-electron chi connectivity index (χ3n) is 4.48. The molecule has 0 saturated heterocycles. The maximum absolute atomic E-state index is 12.0. The first kappa shape index (κ1) is 19.0. The van der Waals surface area contributed by atoms with E-state index in [-0.39, 0.29) is 11.6 Å². The lowest BCUT2D eigenvalue weighted by molar-refractivity contribution is -0.142. The molecule has 1 N–H and O–H groups in total. The van der Waals surface area contributed by atoms with Gasteiger partial charge in [-0.15, -0.1) is 4.73 Å². The Labute approximate surface area is 157 Å². The quantitative estimate of drug-likeness (QED) is 0.752. The lowest BCUT2D eigenvalue weighted by Gasteiger charge is -2.21. The molecular formula is C20H24N2O5. The second-order valence-corrected chi connectivity index (χ2v) is 6.51. The normalized spacial score (nSPS) is 15.2. The summed E-state index contributed by atoms with van der Waals surface area (Å²) in [6, 6.07) is 4.93. The Morgan fingerprint density at radius 2 is 1.74 bits per heavy atom. The van der Waals surface area contributed by atoms with Gasteiger partial charge in [0.15, 0.2) is 0 Å². The predicted molar refractivity (Wildman–Crippen MR) is 101 cm³/mol.